The van der Waals surface area contributed by atoms with E-state index in [0.29, 0.717) is 13.0 Å². The lowest BCUT2D eigenvalue weighted by atomic mass is 10.2. The van der Waals surface area contributed by atoms with Crippen LogP contribution in [0.1, 0.15) is 39.2 Å². The Morgan fingerprint density at radius 1 is 1.28 bits per heavy atom. The first kappa shape index (κ1) is 24.0. The average molecular weight is 478 g/mol. The Morgan fingerprint density at radius 2 is 2.00 bits per heavy atom. The van der Waals surface area contributed by atoms with Crippen LogP contribution in [0.15, 0.2) is 29.3 Å². The highest BCUT2D eigenvalue weighted by Crippen LogP contribution is 2.19. The minimum Gasteiger partial charge on any atom is -0.355 e. The van der Waals surface area contributed by atoms with Gasteiger partial charge < -0.3 is 16.0 Å². The van der Waals surface area contributed by atoms with Crippen molar-refractivity contribution in [1.82, 2.24) is 10.6 Å². The third-order valence-electron chi connectivity index (χ3n) is 3.61. The van der Waals surface area contributed by atoms with E-state index in [4.69, 9.17) is 0 Å². The van der Waals surface area contributed by atoms with Gasteiger partial charge in [0.25, 0.3) is 0 Å². The smallest absolute Gasteiger partial charge is 0.224 e. The van der Waals surface area contributed by atoms with Crippen molar-refractivity contribution in [3.05, 3.63) is 29.8 Å². The number of rotatable bonds is 8. The molecule has 3 N–H and O–H groups in total. The number of halogens is 1. The third-order valence-corrected chi connectivity index (χ3v) is 4.86. The van der Waals surface area contributed by atoms with Crippen molar-refractivity contribution in [3.8, 4) is 0 Å². The van der Waals surface area contributed by atoms with Crippen LogP contribution in [0.2, 0.25) is 0 Å². The number of benzene rings is 1. The molecule has 0 fully saturated rings. The Hall–Kier alpha value is -0.960. The lowest BCUT2D eigenvalue weighted by Crippen LogP contribution is -2.42. The van der Waals surface area contributed by atoms with E-state index in [-0.39, 0.29) is 34.6 Å². The summed E-state index contributed by atoms with van der Waals surface area (Å²) >= 11 is 1.82. The highest BCUT2D eigenvalue weighted by Gasteiger charge is 2.16. The van der Waals surface area contributed by atoms with Crippen molar-refractivity contribution in [2.45, 2.75) is 44.9 Å². The van der Waals surface area contributed by atoms with Crippen LogP contribution in [0.3, 0.4) is 0 Å². The maximum Gasteiger partial charge on any atom is 0.224 e. The van der Waals surface area contributed by atoms with Gasteiger partial charge in [0.1, 0.15) is 0 Å². The van der Waals surface area contributed by atoms with Crippen LogP contribution in [0.5, 0.6) is 0 Å². The SMILES string of the molecule is CCCC(=O)Nc1cccc(CNC(=NC)NCC(C)(C)SC)c1.I. The molecule has 0 bridgehead atoms. The van der Waals surface area contributed by atoms with Crippen molar-refractivity contribution < 1.29 is 4.79 Å². The molecule has 1 amide bonds. The van der Waals surface area contributed by atoms with E-state index in [1.165, 1.54) is 0 Å². The molecule has 142 valence electrons. The molecule has 0 aliphatic carbocycles. The number of guanidine groups is 1. The molecular formula is C18H31IN4OS. The van der Waals surface area contributed by atoms with Gasteiger partial charge in [-0.2, -0.15) is 11.8 Å². The zero-order chi connectivity index (χ0) is 18.0. The van der Waals surface area contributed by atoms with Crippen LogP contribution in [0.4, 0.5) is 5.69 Å². The highest BCUT2D eigenvalue weighted by molar-refractivity contribution is 14.0. The fraction of sp³-hybridized carbons (Fsp3) is 0.556. The first-order valence-electron chi connectivity index (χ1n) is 8.28. The molecule has 5 nitrogen and oxygen atoms in total. The Kier molecular flexibility index (Phi) is 11.9. The Balaban J connectivity index is 0.00000576. The molecule has 0 heterocycles. The Bertz CT molecular complexity index is 564. The summed E-state index contributed by atoms with van der Waals surface area (Å²) in [6.07, 6.45) is 3.50. The van der Waals surface area contributed by atoms with Crippen molar-refractivity contribution in [1.29, 1.82) is 0 Å². The second-order valence-corrected chi connectivity index (χ2v) is 7.76. The van der Waals surface area contributed by atoms with E-state index in [1.807, 2.05) is 43.0 Å². The van der Waals surface area contributed by atoms with Crippen LogP contribution >= 0.6 is 35.7 Å². The van der Waals surface area contributed by atoms with Gasteiger partial charge in [0.15, 0.2) is 5.96 Å². The number of thioether (sulfide) groups is 1. The summed E-state index contributed by atoms with van der Waals surface area (Å²) in [5, 5.41) is 9.57. The molecule has 1 aromatic rings. The molecule has 0 saturated carbocycles. The molecule has 0 unspecified atom stereocenters. The van der Waals surface area contributed by atoms with E-state index in [9.17, 15) is 4.79 Å². The summed E-state index contributed by atoms with van der Waals surface area (Å²) in [4.78, 5) is 15.9. The van der Waals surface area contributed by atoms with E-state index in [1.54, 1.807) is 7.05 Å². The van der Waals surface area contributed by atoms with E-state index >= 15 is 0 Å². The molecule has 0 spiro atoms. The van der Waals surface area contributed by atoms with Gasteiger partial charge in [0.2, 0.25) is 5.91 Å². The first-order chi connectivity index (χ1) is 11.4. The van der Waals surface area contributed by atoms with Gasteiger partial charge >= 0.3 is 0 Å². The number of hydrogen-bond donors (Lipinski definition) is 3. The molecule has 25 heavy (non-hydrogen) atoms. The maximum atomic E-state index is 11.7. The van der Waals surface area contributed by atoms with Crippen LogP contribution in [0.25, 0.3) is 0 Å². The predicted molar refractivity (Wildman–Crippen MR) is 121 cm³/mol. The second-order valence-electron chi connectivity index (χ2n) is 6.24. The van der Waals surface area contributed by atoms with Crippen LogP contribution in [-0.2, 0) is 11.3 Å². The Labute approximate surface area is 173 Å². The molecule has 1 aromatic carbocycles. The molecule has 0 aliphatic heterocycles. The fourth-order valence-corrected chi connectivity index (χ4v) is 2.20. The number of aliphatic imine (C=N–C) groups is 1. The summed E-state index contributed by atoms with van der Waals surface area (Å²) in [6, 6.07) is 7.87. The van der Waals surface area contributed by atoms with Gasteiger partial charge in [0.05, 0.1) is 0 Å². The maximum absolute atomic E-state index is 11.7. The summed E-state index contributed by atoms with van der Waals surface area (Å²) < 4.78 is 0.154. The van der Waals surface area contributed by atoms with Crippen molar-refractivity contribution in [2.75, 3.05) is 25.2 Å². The van der Waals surface area contributed by atoms with Crippen LogP contribution in [0, 0.1) is 0 Å². The zero-order valence-corrected chi connectivity index (χ0v) is 19.0. The van der Waals surface area contributed by atoms with Crippen molar-refractivity contribution in [2.24, 2.45) is 4.99 Å². The van der Waals surface area contributed by atoms with Gasteiger partial charge in [-0.1, -0.05) is 19.1 Å². The third kappa shape index (κ3) is 9.94. The van der Waals surface area contributed by atoms with Crippen LogP contribution in [-0.4, -0.2) is 36.5 Å². The number of nitrogens with one attached hydrogen (secondary N) is 3. The standard InChI is InChI=1S/C18H30N4OS.HI/c1-6-8-16(23)22-15-10-7-9-14(11-15)12-20-17(19-4)21-13-18(2,3)24-5;/h7,9-11H,6,8,12-13H2,1-5H3,(H,22,23)(H2,19,20,21);1H. The van der Waals surface area contributed by atoms with Gasteiger partial charge in [-0.05, 0) is 44.2 Å². The number of nitrogens with zero attached hydrogens (tertiary/aromatic N) is 1. The topological polar surface area (TPSA) is 65.5 Å². The lowest BCUT2D eigenvalue weighted by molar-refractivity contribution is -0.116. The number of hydrogen-bond acceptors (Lipinski definition) is 3. The quantitative estimate of drug-likeness (QED) is 0.302. The molecule has 0 aromatic heterocycles. The van der Waals surface area contributed by atoms with Gasteiger partial charge in [-0.3, -0.25) is 9.79 Å². The van der Waals surface area contributed by atoms with Crippen molar-refractivity contribution >= 4 is 53.3 Å². The average Bonchev–Trinajstić information content (AvgIpc) is 2.55. The summed E-state index contributed by atoms with van der Waals surface area (Å²) in [6.45, 7) is 7.87. The van der Waals surface area contributed by atoms with Gasteiger partial charge in [-0.15, -0.1) is 24.0 Å². The summed E-state index contributed by atoms with van der Waals surface area (Å²) in [5.41, 5.74) is 1.93. The molecule has 0 atom stereocenters. The molecule has 1 rings (SSSR count). The fourth-order valence-electron chi connectivity index (χ4n) is 1.98. The lowest BCUT2D eigenvalue weighted by Gasteiger charge is -2.23. The number of anilines is 1. The highest BCUT2D eigenvalue weighted by atomic mass is 127. The molecule has 0 radical (unpaired) electrons. The number of carbonyl (C=O) groups excluding carboxylic acids is 1. The molecule has 0 saturated heterocycles. The molecule has 0 aliphatic rings. The summed E-state index contributed by atoms with van der Waals surface area (Å²) in [5.74, 6) is 0.830. The molecular weight excluding hydrogens is 447 g/mol. The van der Waals surface area contributed by atoms with Gasteiger partial charge in [0, 0.05) is 37.0 Å². The number of carbonyl (C=O) groups is 1. The zero-order valence-electron chi connectivity index (χ0n) is 15.8. The normalized spacial score (nSPS) is 11.5. The monoisotopic (exact) mass is 478 g/mol. The van der Waals surface area contributed by atoms with E-state index < -0.39 is 0 Å². The minimum absolute atomic E-state index is 0. The van der Waals surface area contributed by atoms with E-state index in [0.717, 1.165) is 30.2 Å². The Morgan fingerprint density at radius 3 is 2.60 bits per heavy atom. The van der Waals surface area contributed by atoms with Gasteiger partial charge in [-0.25, -0.2) is 0 Å². The minimum atomic E-state index is 0. The van der Waals surface area contributed by atoms with E-state index in [2.05, 4.69) is 41.0 Å². The molecule has 7 heteroatoms. The largest absolute Gasteiger partial charge is 0.355 e. The van der Waals surface area contributed by atoms with Crippen LogP contribution < -0.4 is 16.0 Å². The second kappa shape index (κ2) is 12.4. The van der Waals surface area contributed by atoms with Crippen molar-refractivity contribution in [3.63, 3.8) is 0 Å². The number of amides is 1. The first-order valence-corrected chi connectivity index (χ1v) is 9.51. The predicted octanol–water partition coefficient (Wildman–Crippen LogP) is 3.85. The summed E-state index contributed by atoms with van der Waals surface area (Å²) in [7, 11) is 1.77.